The molecule has 252 valence electrons. The topological polar surface area (TPSA) is 133 Å². The Morgan fingerprint density at radius 3 is 2.34 bits per heavy atom. The maximum atomic E-state index is 13.2. The zero-order valence-corrected chi connectivity index (χ0v) is 28.0. The van der Waals surface area contributed by atoms with Crippen LogP contribution in [0.15, 0.2) is 110 Å². The molecule has 2 unspecified atom stereocenters. The van der Waals surface area contributed by atoms with E-state index in [4.69, 9.17) is 4.74 Å². The Morgan fingerprint density at radius 1 is 0.860 bits per heavy atom. The van der Waals surface area contributed by atoms with Crippen molar-refractivity contribution in [3.8, 4) is 34.0 Å². The number of aromatic amines is 2. The Balaban J connectivity index is 0.983. The SMILES string of the molecule is CCN(C(=O)c1cccnc1)C(C)Cc1ncc(-c2ccc(Oc3cccc(-c4cnc(C5CCCN5C(=O)c5cccnc5)[nH]4)c3)cc2)[nH]1. The van der Waals surface area contributed by atoms with Crippen LogP contribution in [-0.2, 0) is 6.42 Å². The number of likely N-dealkylation sites (tertiary alicyclic amines) is 1. The van der Waals surface area contributed by atoms with E-state index in [1.165, 1.54) is 0 Å². The van der Waals surface area contributed by atoms with Gasteiger partial charge >= 0.3 is 0 Å². The number of likely N-dealkylation sites (N-methyl/N-ethyl adjacent to an activating group) is 1. The van der Waals surface area contributed by atoms with Crippen molar-refractivity contribution in [1.29, 1.82) is 0 Å². The molecule has 1 saturated heterocycles. The number of imidazole rings is 2. The van der Waals surface area contributed by atoms with E-state index < -0.39 is 0 Å². The molecule has 0 spiro atoms. The van der Waals surface area contributed by atoms with E-state index >= 15 is 0 Å². The molecular weight excluding hydrogens is 628 g/mol. The molecule has 7 rings (SSSR count). The molecule has 11 nitrogen and oxygen atoms in total. The molecule has 1 fully saturated rings. The zero-order chi connectivity index (χ0) is 34.5. The Labute approximate surface area is 290 Å². The maximum Gasteiger partial charge on any atom is 0.256 e. The summed E-state index contributed by atoms with van der Waals surface area (Å²) in [5.74, 6) is 2.91. The second kappa shape index (κ2) is 14.6. The minimum atomic E-state index is -0.114. The fraction of sp³-hybridized carbons (Fsp3) is 0.231. The number of benzene rings is 2. The number of aromatic nitrogens is 6. The van der Waals surface area contributed by atoms with E-state index in [1.54, 1.807) is 49.1 Å². The summed E-state index contributed by atoms with van der Waals surface area (Å²) in [7, 11) is 0. The Hall–Kier alpha value is -6.10. The van der Waals surface area contributed by atoms with E-state index in [0.29, 0.717) is 42.1 Å². The van der Waals surface area contributed by atoms with Gasteiger partial charge in [-0.05, 0) is 92.9 Å². The van der Waals surface area contributed by atoms with Crippen LogP contribution in [0.1, 0.15) is 65.1 Å². The lowest BCUT2D eigenvalue weighted by molar-refractivity contribution is 0.0699. The number of carbonyl (C=O) groups is 2. The van der Waals surface area contributed by atoms with Crippen LogP contribution in [0.25, 0.3) is 22.5 Å². The molecule has 0 bridgehead atoms. The third kappa shape index (κ3) is 7.02. The van der Waals surface area contributed by atoms with Crippen LogP contribution in [0, 0.1) is 0 Å². The highest BCUT2D eigenvalue weighted by Crippen LogP contribution is 2.34. The molecule has 2 amide bonds. The van der Waals surface area contributed by atoms with Crippen molar-refractivity contribution in [3.05, 3.63) is 133 Å². The van der Waals surface area contributed by atoms with Crippen LogP contribution in [-0.4, -0.2) is 70.6 Å². The summed E-state index contributed by atoms with van der Waals surface area (Å²) in [5.41, 5.74) is 4.81. The van der Waals surface area contributed by atoms with Gasteiger partial charge < -0.3 is 24.5 Å². The first kappa shape index (κ1) is 32.4. The van der Waals surface area contributed by atoms with Gasteiger partial charge in [0.25, 0.3) is 11.8 Å². The lowest BCUT2D eigenvalue weighted by Gasteiger charge is -2.27. The normalized spacial score (nSPS) is 14.8. The van der Waals surface area contributed by atoms with Gasteiger partial charge in [-0.15, -0.1) is 0 Å². The van der Waals surface area contributed by atoms with E-state index in [1.807, 2.05) is 84.6 Å². The fourth-order valence-electron chi connectivity index (χ4n) is 6.48. The third-order valence-electron chi connectivity index (χ3n) is 9.04. The molecule has 2 N–H and O–H groups in total. The molecular formula is C39H38N8O3. The van der Waals surface area contributed by atoms with Crippen LogP contribution in [0.4, 0.5) is 0 Å². The summed E-state index contributed by atoms with van der Waals surface area (Å²) in [5, 5.41) is 0. The first-order valence-electron chi connectivity index (χ1n) is 16.9. The number of hydrogen-bond acceptors (Lipinski definition) is 7. The van der Waals surface area contributed by atoms with Gasteiger partial charge in [-0.25, -0.2) is 9.97 Å². The highest BCUT2D eigenvalue weighted by molar-refractivity contribution is 5.94. The zero-order valence-electron chi connectivity index (χ0n) is 28.0. The number of hydrogen-bond donors (Lipinski definition) is 2. The fourth-order valence-corrected chi connectivity index (χ4v) is 6.48. The van der Waals surface area contributed by atoms with Gasteiger partial charge in [0.05, 0.1) is 41.0 Å². The maximum absolute atomic E-state index is 13.2. The van der Waals surface area contributed by atoms with Crippen LogP contribution in [0.2, 0.25) is 0 Å². The van der Waals surface area contributed by atoms with E-state index in [9.17, 15) is 9.59 Å². The van der Waals surface area contributed by atoms with Gasteiger partial charge in [-0.3, -0.25) is 19.6 Å². The predicted octanol–water partition coefficient (Wildman–Crippen LogP) is 7.12. The van der Waals surface area contributed by atoms with Crippen molar-refractivity contribution < 1.29 is 14.3 Å². The van der Waals surface area contributed by atoms with Gasteiger partial charge in [-0.2, -0.15) is 0 Å². The van der Waals surface area contributed by atoms with Crippen molar-refractivity contribution in [2.45, 2.75) is 45.2 Å². The smallest absolute Gasteiger partial charge is 0.256 e. The Bertz CT molecular complexity index is 2060. The largest absolute Gasteiger partial charge is 0.457 e. The molecule has 4 aromatic heterocycles. The average molecular weight is 667 g/mol. The summed E-state index contributed by atoms with van der Waals surface area (Å²) in [6.07, 6.45) is 12.5. The van der Waals surface area contributed by atoms with E-state index in [-0.39, 0.29) is 23.9 Å². The van der Waals surface area contributed by atoms with Crippen LogP contribution in [0.3, 0.4) is 0 Å². The molecule has 0 radical (unpaired) electrons. The summed E-state index contributed by atoms with van der Waals surface area (Å²) in [6.45, 7) is 5.28. The van der Waals surface area contributed by atoms with E-state index in [0.717, 1.165) is 47.0 Å². The molecule has 1 aliphatic rings. The quantitative estimate of drug-likeness (QED) is 0.150. The highest BCUT2D eigenvalue weighted by Gasteiger charge is 2.32. The Morgan fingerprint density at radius 2 is 1.60 bits per heavy atom. The number of amides is 2. The van der Waals surface area contributed by atoms with Crippen LogP contribution >= 0.6 is 0 Å². The minimum absolute atomic E-state index is 0.0313. The molecule has 50 heavy (non-hydrogen) atoms. The first-order valence-corrected chi connectivity index (χ1v) is 16.9. The molecule has 1 aliphatic heterocycles. The van der Waals surface area contributed by atoms with Gasteiger partial charge in [0.15, 0.2) is 0 Å². The second-order valence-corrected chi connectivity index (χ2v) is 12.4. The summed E-state index contributed by atoms with van der Waals surface area (Å²) < 4.78 is 6.23. The summed E-state index contributed by atoms with van der Waals surface area (Å²) in [4.78, 5) is 54.2. The Kier molecular flexibility index (Phi) is 9.45. The lowest BCUT2D eigenvalue weighted by atomic mass is 10.1. The molecule has 11 heteroatoms. The van der Waals surface area contributed by atoms with Crippen molar-refractivity contribution >= 4 is 11.8 Å². The number of ether oxygens (including phenoxy) is 1. The molecule has 5 heterocycles. The number of H-pyrrole nitrogens is 2. The number of carbonyl (C=O) groups excluding carboxylic acids is 2. The van der Waals surface area contributed by atoms with Gasteiger partial charge in [0, 0.05) is 55.9 Å². The minimum Gasteiger partial charge on any atom is -0.457 e. The number of nitrogens with one attached hydrogen (secondary N) is 2. The van der Waals surface area contributed by atoms with Crippen LogP contribution in [0.5, 0.6) is 11.5 Å². The number of rotatable bonds is 11. The average Bonchev–Trinajstić information content (AvgIpc) is 3.95. The van der Waals surface area contributed by atoms with Crippen molar-refractivity contribution in [3.63, 3.8) is 0 Å². The highest BCUT2D eigenvalue weighted by atomic mass is 16.5. The lowest BCUT2D eigenvalue weighted by Crippen LogP contribution is -2.40. The van der Waals surface area contributed by atoms with Gasteiger partial charge in [0.1, 0.15) is 23.1 Å². The predicted molar refractivity (Wildman–Crippen MR) is 189 cm³/mol. The van der Waals surface area contributed by atoms with Crippen molar-refractivity contribution in [2.24, 2.45) is 0 Å². The second-order valence-electron chi connectivity index (χ2n) is 12.4. The van der Waals surface area contributed by atoms with Crippen molar-refractivity contribution in [1.82, 2.24) is 39.7 Å². The molecule has 0 saturated carbocycles. The summed E-state index contributed by atoms with van der Waals surface area (Å²) >= 11 is 0. The molecule has 2 aromatic carbocycles. The number of pyridine rings is 2. The van der Waals surface area contributed by atoms with Crippen LogP contribution < -0.4 is 4.74 Å². The van der Waals surface area contributed by atoms with E-state index in [2.05, 4.69) is 29.9 Å². The van der Waals surface area contributed by atoms with Crippen molar-refractivity contribution in [2.75, 3.05) is 13.1 Å². The standard InChI is InChI=1S/C39H38N8O3/c1-3-46(38(48)29-9-5-17-40-22-29)26(2)20-36-42-24-33(44-36)27-13-15-31(16-14-27)50-32-11-4-8-28(21-32)34-25-43-37(45-34)35-12-7-19-47(35)39(49)30-10-6-18-41-23-30/h4-6,8-11,13-18,21-26,35H,3,7,12,19-20H2,1-2H3,(H,42,44)(H,43,45). The molecule has 2 atom stereocenters. The monoisotopic (exact) mass is 666 g/mol. The summed E-state index contributed by atoms with van der Waals surface area (Å²) in [6, 6.07) is 22.7. The van der Waals surface area contributed by atoms with Gasteiger partial charge in [-0.1, -0.05) is 12.1 Å². The number of nitrogens with zero attached hydrogens (tertiary/aromatic N) is 6. The molecule has 6 aromatic rings. The molecule has 0 aliphatic carbocycles. The first-order chi connectivity index (χ1) is 24.5. The van der Waals surface area contributed by atoms with Gasteiger partial charge in [0.2, 0.25) is 0 Å². The third-order valence-corrected chi connectivity index (χ3v) is 9.04.